The molecule has 0 bridgehead atoms. The first-order valence-electron chi connectivity index (χ1n) is 9.72. The lowest BCUT2D eigenvalue weighted by Gasteiger charge is -2.28. The number of fused-ring (bicyclic) bond motifs is 1. The number of carbonyl (C=O) groups is 2. The Labute approximate surface area is 159 Å². The van der Waals surface area contributed by atoms with Crippen LogP contribution in [0.2, 0.25) is 0 Å². The molecule has 0 unspecified atom stereocenters. The second-order valence-corrected chi connectivity index (χ2v) is 7.49. The van der Waals surface area contributed by atoms with E-state index in [4.69, 9.17) is 4.99 Å². The van der Waals surface area contributed by atoms with Crippen LogP contribution in [0.15, 0.2) is 53.5 Å². The van der Waals surface area contributed by atoms with Crippen LogP contribution < -0.4 is 5.32 Å². The predicted octanol–water partition coefficient (Wildman–Crippen LogP) is 4.63. The van der Waals surface area contributed by atoms with Gasteiger partial charge in [0, 0.05) is 16.8 Å². The SMILES string of the molecule is Cc1cccc(N[C@H]2C(=O)c3ccccc3C(=O)C2=NC2CCCCC2)c1. The summed E-state index contributed by atoms with van der Waals surface area (Å²) in [6, 6.07) is 14.3. The van der Waals surface area contributed by atoms with Gasteiger partial charge in [0.2, 0.25) is 5.78 Å². The number of aryl methyl sites for hydroxylation is 1. The van der Waals surface area contributed by atoms with Crippen LogP contribution in [0.3, 0.4) is 0 Å². The van der Waals surface area contributed by atoms with Gasteiger partial charge in [-0.3, -0.25) is 14.6 Å². The zero-order valence-electron chi connectivity index (χ0n) is 15.6. The first kappa shape index (κ1) is 17.7. The van der Waals surface area contributed by atoms with Crippen LogP contribution in [-0.2, 0) is 0 Å². The van der Waals surface area contributed by atoms with Crippen LogP contribution in [0.1, 0.15) is 58.4 Å². The highest BCUT2D eigenvalue weighted by Gasteiger charge is 2.38. The normalized spacial score (nSPS) is 22.0. The third kappa shape index (κ3) is 3.57. The van der Waals surface area contributed by atoms with Crippen molar-refractivity contribution in [3.63, 3.8) is 0 Å². The zero-order chi connectivity index (χ0) is 18.8. The van der Waals surface area contributed by atoms with Crippen molar-refractivity contribution in [2.24, 2.45) is 4.99 Å². The molecule has 0 radical (unpaired) electrons. The van der Waals surface area contributed by atoms with Crippen molar-refractivity contribution in [2.75, 3.05) is 5.32 Å². The minimum atomic E-state index is -0.726. The highest BCUT2D eigenvalue weighted by atomic mass is 16.1. The molecule has 0 saturated heterocycles. The van der Waals surface area contributed by atoms with E-state index in [1.54, 1.807) is 24.3 Å². The van der Waals surface area contributed by atoms with E-state index < -0.39 is 6.04 Å². The summed E-state index contributed by atoms with van der Waals surface area (Å²) in [6.07, 6.45) is 5.47. The quantitative estimate of drug-likeness (QED) is 0.868. The molecule has 1 atom stereocenters. The molecule has 2 aromatic carbocycles. The van der Waals surface area contributed by atoms with Gasteiger partial charge >= 0.3 is 0 Å². The summed E-state index contributed by atoms with van der Waals surface area (Å²) >= 11 is 0. The number of anilines is 1. The van der Waals surface area contributed by atoms with Crippen LogP contribution in [0.25, 0.3) is 0 Å². The topological polar surface area (TPSA) is 58.5 Å². The third-order valence-corrected chi connectivity index (χ3v) is 5.43. The molecule has 2 aliphatic rings. The molecule has 2 aliphatic carbocycles. The van der Waals surface area contributed by atoms with Crippen LogP contribution in [0.5, 0.6) is 0 Å². The maximum Gasteiger partial charge on any atom is 0.210 e. The maximum absolute atomic E-state index is 13.2. The number of Topliss-reactive ketones (excluding diaryl/α,β-unsaturated/α-hetero) is 2. The van der Waals surface area contributed by atoms with Gasteiger partial charge in [0.1, 0.15) is 11.8 Å². The van der Waals surface area contributed by atoms with Gasteiger partial charge < -0.3 is 5.32 Å². The van der Waals surface area contributed by atoms with Gasteiger partial charge in [-0.1, -0.05) is 55.7 Å². The monoisotopic (exact) mass is 360 g/mol. The van der Waals surface area contributed by atoms with Gasteiger partial charge in [-0.2, -0.15) is 0 Å². The molecular weight excluding hydrogens is 336 g/mol. The van der Waals surface area contributed by atoms with Gasteiger partial charge in [0.25, 0.3) is 0 Å². The highest BCUT2D eigenvalue weighted by Crippen LogP contribution is 2.26. The molecule has 1 fully saturated rings. The summed E-state index contributed by atoms with van der Waals surface area (Å²) in [6.45, 7) is 2.01. The minimum Gasteiger partial charge on any atom is -0.370 e. The first-order valence-corrected chi connectivity index (χ1v) is 9.72. The molecule has 4 heteroatoms. The number of nitrogens with one attached hydrogen (secondary N) is 1. The van der Waals surface area contributed by atoms with E-state index in [1.807, 2.05) is 31.2 Å². The lowest BCUT2D eigenvalue weighted by molar-refractivity contribution is 0.0954. The lowest BCUT2D eigenvalue weighted by Crippen LogP contribution is -2.47. The fourth-order valence-electron chi connectivity index (χ4n) is 4.02. The molecule has 0 amide bonds. The Balaban J connectivity index is 1.75. The van der Waals surface area contributed by atoms with Gasteiger partial charge in [-0.15, -0.1) is 0 Å². The Hall–Kier alpha value is -2.75. The number of ketones is 2. The van der Waals surface area contributed by atoms with E-state index in [0.29, 0.717) is 16.8 Å². The van der Waals surface area contributed by atoms with E-state index in [1.165, 1.54) is 6.42 Å². The van der Waals surface area contributed by atoms with Crippen molar-refractivity contribution < 1.29 is 9.59 Å². The number of benzene rings is 2. The molecule has 4 nitrogen and oxygen atoms in total. The van der Waals surface area contributed by atoms with Gasteiger partial charge in [0.15, 0.2) is 5.78 Å². The van der Waals surface area contributed by atoms with Gasteiger partial charge in [-0.25, -0.2) is 0 Å². The zero-order valence-corrected chi connectivity index (χ0v) is 15.6. The van der Waals surface area contributed by atoms with Crippen molar-refractivity contribution in [1.29, 1.82) is 0 Å². The molecule has 0 aromatic heterocycles. The molecule has 1 saturated carbocycles. The largest absolute Gasteiger partial charge is 0.370 e. The molecule has 1 N–H and O–H groups in total. The molecule has 2 aromatic rings. The highest BCUT2D eigenvalue weighted by molar-refractivity contribution is 6.56. The van der Waals surface area contributed by atoms with Crippen LogP contribution in [-0.4, -0.2) is 29.4 Å². The second-order valence-electron chi connectivity index (χ2n) is 7.49. The molecule has 0 heterocycles. The van der Waals surface area contributed by atoms with Gasteiger partial charge in [-0.05, 0) is 37.5 Å². The molecule has 4 rings (SSSR count). The summed E-state index contributed by atoms with van der Waals surface area (Å²) < 4.78 is 0. The first-order chi connectivity index (χ1) is 13.1. The fraction of sp³-hybridized carbons (Fsp3) is 0.348. The van der Waals surface area contributed by atoms with Crippen molar-refractivity contribution >= 4 is 23.0 Å². The Morgan fingerprint density at radius 1 is 0.926 bits per heavy atom. The Bertz CT molecular complexity index is 910. The summed E-state index contributed by atoms with van der Waals surface area (Å²) in [5.74, 6) is -0.206. The number of hydrogen-bond acceptors (Lipinski definition) is 4. The summed E-state index contributed by atoms with van der Waals surface area (Å²) in [5.41, 5.74) is 3.25. The predicted molar refractivity (Wildman–Crippen MR) is 108 cm³/mol. The summed E-state index contributed by atoms with van der Waals surface area (Å²) in [7, 11) is 0. The van der Waals surface area contributed by atoms with Gasteiger partial charge in [0.05, 0.1) is 6.04 Å². The van der Waals surface area contributed by atoms with Crippen LogP contribution in [0, 0.1) is 6.92 Å². The third-order valence-electron chi connectivity index (χ3n) is 5.43. The smallest absolute Gasteiger partial charge is 0.210 e. The van der Waals surface area contributed by atoms with Crippen LogP contribution in [0.4, 0.5) is 5.69 Å². The Morgan fingerprint density at radius 2 is 1.67 bits per heavy atom. The van der Waals surface area contributed by atoms with E-state index >= 15 is 0 Å². The minimum absolute atomic E-state index is 0.0822. The van der Waals surface area contributed by atoms with Crippen molar-refractivity contribution in [1.82, 2.24) is 0 Å². The average molecular weight is 360 g/mol. The number of nitrogens with zero attached hydrogens (tertiary/aromatic N) is 1. The fourth-order valence-corrected chi connectivity index (χ4v) is 4.02. The lowest BCUT2D eigenvalue weighted by atomic mass is 9.83. The van der Waals surface area contributed by atoms with E-state index in [-0.39, 0.29) is 17.6 Å². The van der Waals surface area contributed by atoms with E-state index in [9.17, 15) is 9.59 Å². The molecular formula is C23H24N2O2. The van der Waals surface area contributed by atoms with Crippen molar-refractivity contribution in [3.05, 3.63) is 65.2 Å². The second kappa shape index (κ2) is 7.47. The summed E-state index contributed by atoms with van der Waals surface area (Å²) in [4.78, 5) is 31.2. The molecule has 138 valence electrons. The summed E-state index contributed by atoms with van der Waals surface area (Å²) in [5, 5.41) is 3.28. The molecule has 27 heavy (non-hydrogen) atoms. The van der Waals surface area contributed by atoms with Crippen LogP contribution >= 0.6 is 0 Å². The maximum atomic E-state index is 13.2. The van der Waals surface area contributed by atoms with Crippen molar-refractivity contribution in [2.45, 2.75) is 51.1 Å². The average Bonchev–Trinajstić information content (AvgIpc) is 2.69. The number of hydrogen-bond donors (Lipinski definition) is 1. The Kier molecular flexibility index (Phi) is 4.88. The van der Waals surface area contributed by atoms with E-state index in [0.717, 1.165) is 36.9 Å². The number of rotatable bonds is 3. The molecule has 0 aliphatic heterocycles. The molecule has 0 spiro atoms. The van der Waals surface area contributed by atoms with E-state index in [2.05, 4.69) is 5.32 Å². The number of carbonyl (C=O) groups excluding carboxylic acids is 2. The van der Waals surface area contributed by atoms with Crippen molar-refractivity contribution in [3.8, 4) is 0 Å². The standard InChI is InChI=1S/C23H24N2O2/c1-15-8-7-11-17(14-15)25-21-20(24-16-9-3-2-4-10-16)22(26)18-12-5-6-13-19(18)23(21)27/h5-8,11-14,16,21,25H,2-4,9-10H2,1H3/t21-/m1/s1. The number of aliphatic imine (C=N–C) groups is 1. The Morgan fingerprint density at radius 3 is 2.41 bits per heavy atom.